The molecule has 1 unspecified atom stereocenters. The van der Waals surface area contributed by atoms with Crippen LogP contribution in [0.4, 0.5) is 24.7 Å². The summed E-state index contributed by atoms with van der Waals surface area (Å²) >= 11 is 0. The lowest BCUT2D eigenvalue weighted by Crippen LogP contribution is -2.45. The zero-order valence-electron chi connectivity index (χ0n) is 11.0. The van der Waals surface area contributed by atoms with Gasteiger partial charge in [0.25, 0.3) is 5.92 Å². The fraction of sp³-hybridized carbons (Fsp3) is 0.200. The molecule has 3 rings (SSSR count). The van der Waals surface area contributed by atoms with Crippen LogP contribution in [-0.4, -0.2) is 10.9 Å². The molecule has 0 aliphatic carbocycles. The van der Waals surface area contributed by atoms with Crippen LogP contribution in [0.3, 0.4) is 0 Å². The highest BCUT2D eigenvalue weighted by molar-refractivity contribution is 5.76. The van der Waals surface area contributed by atoms with Gasteiger partial charge in [-0.15, -0.1) is 0 Å². The lowest BCUT2D eigenvalue weighted by atomic mass is 9.69. The highest BCUT2D eigenvalue weighted by Gasteiger charge is 2.57. The summed E-state index contributed by atoms with van der Waals surface area (Å²) in [6.45, 7) is 0.660. The number of pyridine rings is 1. The smallest absolute Gasteiger partial charge is 0.272 e. The molecular weight excluding hydrogens is 279 g/mol. The second-order valence-electron chi connectivity index (χ2n) is 4.96. The number of halogens is 3. The van der Waals surface area contributed by atoms with Gasteiger partial charge in [0.15, 0.2) is 5.41 Å². The first kappa shape index (κ1) is 13.4. The Morgan fingerprint density at radius 1 is 1.29 bits per heavy atom. The van der Waals surface area contributed by atoms with Crippen molar-refractivity contribution in [2.24, 2.45) is 0 Å². The summed E-state index contributed by atoms with van der Waals surface area (Å²) in [6.07, 6.45) is 1.44. The SMILES string of the molecule is CC(F)(F)C1(C#N)c2cc(F)ccc2Nc2ncccc21. The molecule has 2 heterocycles. The van der Waals surface area contributed by atoms with Gasteiger partial charge in [0.05, 0.1) is 6.07 Å². The Labute approximate surface area is 119 Å². The van der Waals surface area contributed by atoms with Gasteiger partial charge < -0.3 is 5.32 Å². The molecule has 0 saturated carbocycles. The second kappa shape index (κ2) is 4.22. The zero-order valence-corrected chi connectivity index (χ0v) is 11.0. The predicted octanol–water partition coefficient (Wildman–Crippen LogP) is 3.74. The van der Waals surface area contributed by atoms with Gasteiger partial charge in [-0.25, -0.2) is 18.2 Å². The van der Waals surface area contributed by atoms with E-state index in [0.29, 0.717) is 6.92 Å². The van der Waals surface area contributed by atoms with Crippen molar-refractivity contribution in [1.29, 1.82) is 5.26 Å². The monoisotopic (exact) mass is 289 g/mol. The van der Waals surface area contributed by atoms with E-state index in [0.717, 1.165) is 12.1 Å². The zero-order chi connectivity index (χ0) is 15.3. The van der Waals surface area contributed by atoms with Crippen LogP contribution in [0.2, 0.25) is 0 Å². The quantitative estimate of drug-likeness (QED) is 0.870. The van der Waals surface area contributed by atoms with Crippen LogP contribution in [-0.2, 0) is 5.41 Å². The van der Waals surface area contributed by atoms with Crippen LogP contribution in [0, 0.1) is 17.1 Å². The maximum absolute atomic E-state index is 14.4. The maximum Gasteiger partial charge on any atom is 0.272 e. The summed E-state index contributed by atoms with van der Waals surface area (Å²) < 4.78 is 42.2. The lowest BCUT2D eigenvalue weighted by molar-refractivity contribution is -0.0225. The largest absolute Gasteiger partial charge is 0.340 e. The molecule has 1 aromatic heterocycles. The van der Waals surface area contributed by atoms with Crippen molar-refractivity contribution >= 4 is 11.5 Å². The molecule has 1 N–H and O–H groups in total. The van der Waals surface area contributed by atoms with Crippen LogP contribution in [0.1, 0.15) is 18.1 Å². The highest BCUT2D eigenvalue weighted by atomic mass is 19.3. The summed E-state index contributed by atoms with van der Waals surface area (Å²) in [5.41, 5.74) is -2.07. The van der Waals surface area contributed by atoms with Gasteiger partial charge in [0.2, 0.25) is 0 Å². The Balaban J connectivity index is 2.43. The van der Waals surface area contributed by atoms with E-state index in [9.17, 15) is 18.4 Å². The van der Waals surface area contributed by atoms with E-state index in [1.165, 1.54) is 24.4 Å². The van der Waals surface area contributed by atoms with Crippen molar-refractivity contribution in [3.8, 4) is 6.07 Å². The minimum absolute atomic E-state index is 0.0399. The standard InChI is InChI=1S/C15H10F3N3/c1-14(17,18)15(8-19)10-3-2-6-20-13(10)21-12-5-4-9(16)7-11(12)15/h2-7H,1H3,(H,20,21). The van der Waals surface area contributed by atoms with E-state index in [2.05, 4.69) is 10.3 Å². The Morgan fingerprint density at radius 2 is 2.05 bits per heavy atom. The normalized spacial score (nSPS) is 20.0. The Kier molecular flexibility index (Phi) is 2.70. The van der Waals surface area contributed by atoms with E-state index in [-0.39, 0.29) is 22.6 Å². The fourth-order valence-corrected chi connectivity index (χ4v) is 2.71. The molecule has 0 saturated heterocycles. The third-order valence-electron chi connectivity index (χ3n) is 3.68. The number of benzene rings is 1. The Bertz CT molecular complexity index is 761. The molecule has 0 spiro atoms. The number of alkyl halides is 2. The van der Waals surface area contributed by atoms with E-state index >= 15 is 0 Å². The van der Waals surface area contributed by atoms with Crippen LogP contribution < -0.4 is 5.32 Å². The van der Waals surface area contributed by atoms with Crippen molar-refractivity contribution < 1.29 is 13.2 Å². The Morgan fingerprint density at radius 3 is 2.71 bits per heavy atom. The molecule has 0 radical (unpaired) electrons. The summed E-state index contributed by atoms with van der Waals surface area (Å²) in [4.78, 5) is 4.01. The average molecular weight is 289 g/mol. The predicted molar refractivity (Wildman–Crippen MR) is 70.9 cm³/mol. The number of anilines is 2. The molecule has 21 heavy (non-hydrogen) atoms. The van der Waals surface area contributed by atoms with E-state index < -0.39 is 17.2 Å². The highest BCUT2D eigenvalue weighted by Crippen LogP contribution is 2.52. The average Bonchev–Trinajstić information content (AvgIpc) is 2.43. The van der Waals surface area contributed by atoms with Crippen LogP contribution >= 0.6 is 0 Å². The number of hydrogen-bond acceptors (Lipinski definition) is 3. The van der Waals surface area contributed by atoms with Crippen molar-refractivity contribution in [3.05, 3.63) is 53.5 Å². The van der Waals surface area contributed by atoms with Gasteiger partial charge in [-0.05, 0) is 24.3 Å². The number of nitriles is 1. The molecule has 1 aromatic carbocycles. The summed E-state index contributed by atoms with van der Waals surface area (Å²) in [5, 5.41) is 12.4. The van der Waals surface area contributed by atoms with Gasteiger partial charge in [-0.3, -0.25) is 0 Å². The number of rotatable bonds is 1. The second-order valence-corrected chi connectivity index (χ2v) is 4.96. The number of nitrogens with one attached hydrogen (secondary N) is 1. The molecule has 1 aliphatic heterocycles. The number of fused-ring (bicyclic) bond motifs is 2. The summed E-state index contributed by atoms with van der Waals surface area (Å²) in [6, 6.07) is 8.03. The van der Waals surface area contributed by atoms with Gasteiger partial charge in [0, 0.05) is 29.9 Å². The maximum atomic E-state index is 14.4. The van der Waals surface area contributed by atoms with Crippen molar-refractivity contribution in [2.45, 2.75) is 18.3 Å². The van der Waals surface area contributed by atoms with Gasteiger partial charge in [-0.2, -0.15) is 5.26 Å². The van der Waals surface area contributed by atoms with E-state index in [1.54, 1.807) is 6.07 Å². The number of aromatic nitrogens is 1. The molecule has 2 aromatic rings. The molecule has 0 fully saturated rings. The molecule has 6 heteroatoms. The lowest BCUT2D eigenvalue weighted by Gasteiger charge is -2.38. The van der Waals surface area contributed by atoms with Crippen molar-refractivity contribution in [1.82, 2.24) is 4.98 Å². The van der Waals surface area contributed by atoms with Crippen molar-refractivity contribution in [3.63, 3.8) is 0 Å². The number of nitrogens with zero attached hydrogens (tertiary/aromatic N) is 2. The minimum Gasteiger partial charge on any atom is -0.340 e. The first-order valence-electron chi connectivity index (χ1n) is 6.22. The van der Waals surface area contributed by atoms with Gasteiger partial charge in [-0.1, -0.05) is 6.07 Å². The molecule has 1 aliphatic rings. The van der Waals surface area contributed by atoms with E-state index in [1.807, 2.05) is 0 Å². The third kappa shape index (κ3) is 1.70. The van der Waals surface area contributed by atoms with E-state index in [4.69, 9.17) is 0 Å². The molecule has 0 amide bonds. The topological polar surface area (TPSA) is 48.7 Å². The fourth-order valence-electron chi connectivity index (χ4n) is 2.71. The molecule has 1 atom stereocenters. The van der Waals surface area contributed by atoms with Crippen LogP contribution in [0.15, 0.2) is 36.5 Å². The summed E-state index contributed by atoms with van der Waals surface area (Å²) in [5.74, 6) is -3.91. The van der Waals surface area contributed by atoms with Crippen LogP contribution in [0.25, 0.3) is 0 Å². The van der Waals surface area contributed by atoms with Gasteiger partial charge >= 0.3 is 0 Å². The summed E-state index contributed by atoms with van der Waals surface area (Å²) in [7, 11) is 0. The minimum atomic E-state index is -3.41. The first-order chi connectivity index (χ1) is 9.90. The van der Waals surface area contributed by atoms with Gasteiger partial charge in [0.1, 0.15) is 11.6 Å². The first-order valence-corrected chi connectivity index (χ1v) is 6.22. The molecule has 0 bridgehead atoms. The molecule has 3 nitrogen and oxygen atoms in total. The third-order valence-corrected chi connectivity index (χ3v) is 3.68. The van der Waals surface area contributed by atoms with Crippen LogP contribution in [0.5, 0.6) is 0 Å². The van der Waals surface area contributed by atoms with Crippen molar-refractivity contribution in [2.75, 3.05) is 5.32 Å². The Hall–Kier alpha value is -2.55. The molecule has 106 valence electrons. The number of hydrogen-bond donors (Lipinski definition) is 1. The molecular formula is C15H10F3N3.